The number of rotatable bonds is 5. The van der Waals surface area contributed by atoms with Gasteiger partial charge in [0.05, 0.1) is 5.75 Å². The number of sulfone groups is 1. The van der Waals surface area contributed by atoms with Crippen molar-refractivity contribution in [2.45, 2.75) is 40.0 Å². The molecule has 0 aromatic rings. The maximum Gasteiger partial charge on any atom is 0.171 e. The number of hydrogen-bond donors (Lipinski definition) is 0. The number of allylic oxidation sites excluding steroid dienone is 1. The van der Waals surface area contributed by atoms with Crippen LogP contribution in [0, 0.1) is 0 Å². The highest BCUT2D eigenvalue weighted by Crippen LogP contribution is 2.08. The lowest BCUT2D eigenvalue weighted by Gasteiger charge is -1.98. The molecule has 72 valence electrons. The van der Waals surface area contributed by atoms with Gasteiger partial charge >= 0.3 is 0 Å². The first-order valence-electron chi connectivity index (χ1n) is 4.41. The van der Waals surface area contributed by atoms with Crippen molar-refractivity contribution in [3.8, 4) is 0 Å². The normalized spacial score (nSPS) is 13.4. The molecule has 0 radical (unpaired) electrons. The van der Waals surface area contributed by atoms with E-state index < -0.39 is 9.84 Å². The molecule has 3 heteroatoms. The topological polar surface area (TPSA) is 34.1 Å². The Morgan fingerprint density at radius 3 is 2.33 bits per heavy atom. The Balaban J connectivity index is 4.16. The predicted octanol–water partition coefficient (Wildman–Crippen LogP) is 2.52. The summed E-state index contributed by atoms with van der Waals surface area (Å²) in [6.07, 6.45) is 3.08. The highest BCUT2D eigenvalue weighted by atomic mass is 32.2. The van der Waals surface area contributed by atoms with E-state index >= 15 is 0 Å². The summed E-state index contributed by atoms with van der Waals surface area (Å²) in [5.74, 6) is 0.205. The molecular formula is C9H18O2S. The van der Waals surface area contributed by atoms with Crippen LogP contribution in [0.25, 0.3) is 0 Å². The van der Waals surface area contributed by atoms with Gasteiger partial charge in [-0.05, 0) is 19.8 Å². The monoisotopic (exact) mass is 190 g/mol. The number of hydrogen-bond acceptors (Lipinski definition) is 2. The van der Waals surface area contributed by atoms with Gasteiger partial charge in [-0.15, -0.1) is 0 Å². The molecule has 2 nitrogen and oxygen atoms in total. The lowest BCUT2D eigenvalue weighted by atomic mass is 10.2. The maximum absolute atomic E-state index is 11.1. The van der Waals surface area contributed by atoms with Crippen LogP contribution >= 0.6 is 0 Å². The second kappa shape index (κ2) is 5.36. The van der Waals surface area contributed by atoms with Crippen LogP contribution in [0.15, 0.2) is 11.0 Å². The summed E-state index contributed by atoms with van der Waals surface area (Å²) in [5.41, 5.74) is 0.971. The molecule has 0 spiro atoms. The molecule has 0 bridgehead atoms. The van der Waals surface area contributed by atoms with E-state index in [-0.39, 0.29) is 5.75 Å². The average molecular weight is 190 g/mol. The van der Waals surface area contributed by atoms with Crippen molar-refractivity contribution in [2.24, 2.45) is 0 Å². The van der Waals surface area contributed by atoms with E-state index in [0.29, 0.717) is 0 Å². The van der Waals surface area contributed by atoms with Crippen LogP contribution in [0.4, 0.5) is 0 Å². The van der Waals surface area contributed by atoms with Crippen LogP contribution in [0.1, 0.15) is 40.0 Å². The molecular weight excluding hydrogens is 172 g/mol. The Morgan fingerprint density at radius 1 is 1.33 bits per heavy atom. The molecule has 0 saturated heterocycles. The first kappa shape index (κ1) is 11.7. The smallest absolute Gasteiger partial charge is 0.171 e. The largest absolute Gasteiger partial charge is 0.224 e. The highest BCUT2D eigenvalue weighted by Gasteiger charge is 2.02. The van der Waals surface area contributed by atoms with Gasteiger partial charge in [0.1, 0.15) is 0 Å². The fourth-order valence-corrected chi connectivity index (χ4v) is 1.80. The Kier molecular flexibility index (Phi) is 5.22. The Hall–Kier alpha value is -0.310. The summed E-state index contributed by atoms with van der Waals surface area (Å²) in [5, 5.41) is 1.41. The van der Waals surface area contributed by atoms with Gasteiger partial charge in [0.25, 0.3) is 0 Å². The van der Waals surface area contributed by atoms with Crippen LogP contribution in [-0.4, -0.2) is 14.2 Å². The Labute approximate surface area is 75.6 Å². The third kappa shape index (κ3) is 5.35. The van der Waals surface area contributed by atoms with Crippen molar-refractivity contribution in [3.05, 3.63) is 11.0 Å². The molecule has 0 heterocycles. The van der Waals surface area contributed by atoms with E-state index in [9.17, 15) is 8.42 Å². The average Bonchev–Trinajstić information content (AvgIpc) is 2.00. The first-order chi connectivity index (χ1) is 5.52. The van der Waals surface area contributed by atoms with E-state index in [1.807, 2.05) is 6.92 Å². The van der Waals surface area contributed by atoms with Gasteiger partial charge in [-0.25, -0.2) is 8.42 Å². The van der Waals surface area contributed by atoms with Gasteiger partial charge in [0.2, 0.25) is 0 Å². The molecule has 0 unspecified atom stereocenters. The minimum absolute atomic E-state index is 0.205. The SMILES string of the molecule is CCCC/C(C)=C\S(=O)(=O)CC. The number of unbranched alkanes of at least 4 members (excludes halogenated alkanes) is 1. The molecule has 0 aliphatic heterocycles. The first-order valence-corrected chi connectivity index (χ1v) is 6.13. The van der Waals surface area contributed by atoms with Crippen molar-refractivity contribution in [2.75, 3.05) is 5.75 Å². The zero-order chi connectivity index (χ0) is 9.61. The molecule has 0 aliphatic rings. The minimum Gasteiger partial charge on any atom is -0.224 e. The van der Waals surface area contributed by atoms with Gasteiger partial charge in [-0.3, -0.25) is 0 Å². The lowest BCUT2D eigenvalue weighted by Crippen LogP contribution is -1.98. The van der Waals surface area contributed by atoms with Crippen molar-refractivity contribution in [3.63, 3.8) is 0 Å². The zero-order valence-corrected chi connectivity index (χ0v) is 8.95. The van der Waals surface area contributed by atoms with Crippen LogP contribution < -0.4 is 0 Å². The summed E-state index contributed by atoms with van der Waals surface area (Å²) in [6.45, 7) is 5.64. The summed E-state index contributed by atoms with van der Waals surface area (Å²) in [4.78, 5) is 0. The van der Waals surface area contributed by atoms with E-state index in [2.05, 4.69) is 6.92 Å². The third-order valence-corrected chi connectivity index (χ3v) is 3.27. The van der Waals surface area contributed by atoms with Crippen molar-refractivity contribution in [1.82, 2.24) is 0 Å². The second-order valence-electron chi connectivity index (χ2n) is 3.02. The van der Waals surface area contributed by atoms with Gasteiger partial charge in [0, 0.05) is 5.41 Å². The van der Waals surface area contributed by atoms with Crippen molar-refractivity contribution < 1.29 is 8.42 Å². The van der Waals surface area contributed by atoms with E-state index in [1.165, 1.54) is 5.41 Å². The van der Waals surface area contributed by atoms with Gasteiger partial charge in [-0.2, -0.15) is 0 Å². The molecule has 0 aromatic carbocycles. The Morgan fingerprint density at radius 2 is 1.92 bits per heavy atom. The minimum atomic E-state index is -2.91. The zero-order valence-electron chi connectivity index (χ0n) is 8.13. The quantitative estimate of drug-likeness (QED) is 0.667. The summed E-state index contributed by atoms with van der Waals surface area (Å²) < 4.78 is 22.2. The maximum atomic E-state index is 11.1. The second-order valence-corrected chi connectivity index (χ2v) is 5.16. The van der Waals surface area contributed by atoms with Crippen LogP contribution in [0.3, 0.4) is 0 Å². The lowest BCUT2D eigenvalue weighted by molar-refractivity contribution is 0.605. The van der Waals surface area contributed by atoms with Gasteiger partial charge in [0.15, 0.2) is 9.84 Å². The standard InChI is InChI=1S/C9H18O2S/c1-4-6-7-9(3)8-12(10,11)5-2/h8H,4-7H2,1-3H3/b9-8-. The van der Waals surface area contributed by atoms with Gasteiger partial charge < -0.3 is 0 Å². The predicted molar refractivity (Wildman–Crippen MR) is 52.7 cm³/mol. The van der Waals surface area contributed by atoms with E-state index in [0.717, 1.165) is 24.8 Å². The fraction of sp³-hybridized carbons (Fsp3) is 0.778. The molecule has 0 rings (SSSR count). The molecule has 0 atom stereocenters. The fourth-order valence-electron chi connectivity index (χ4n) is 0.904. The summed E-state index contributed by atoms with van der Waals surface area (Å²) >= 11 is 0. The van der Waals surface area contributed by atoms with E-state index in [1.54, 1.807) is 6.92 Å². The van der Waals surface area contributed by atoms with E-state index in [4.69, 9.17) is 0 Å². The van der Waals surface area contributed by atoms with Crippen molar-refractivity contribution in [1.29, 1.82) is 0 Å². The Bertz CT molecular complexity index is 237. The molecule has 0 fully saturated rings. The molecule has 0 saturated carbocycles. The van der Waals surface area contributed by atoms with Crippen molar-refractivity contribution >= 4 is 9.84 Å². The molecule has 0 aromatic heterocycles. The molecule has 0 N–H and O–H groups in total. The molecule has 0 aliphatic carbocycles. The highest BCUT2D eigenvalue weighted by molar-refractivity contribution is 7.94. The third-order valence-electron chi connectivity index (χ3n) is 1.71. The van der Waals surface area contributed by atoms with Crippen LogP contribution in [0.2, 0.25) is 0 Å². The molecule has 0 amide bonds. The van der Waals surface area contributed by atoms with Gasteiger partial charge in [-0.1, -0.05) is 25.8 Å². The summed E-state index contributed by atoms with van der Waals surface area (Å²) in [6, 6.07) is 0. The van der Waals surface area contributed by atoms with Crippen LogP contribution in [0.5, 0.6) is 0 Å². The van der Waals surface area contributed by atoms with Crippen LogP contribution in [-0.2, 0) is 9.84 Å². The summed E-state index contributed by atoms with van der Waals surface area (Å²) in [7, 11) is -2.91. The molecule has 12 heavy (non-hydrogen) atoms.